The summed E-state index contributed by atoms with van der Waals surface area (Å²) >= 11 is 0. The summed E-state index contributed by atoms with van der Waals surface area (Å²) < 4.78 is 24.0. The monoisotopic (exact) mass is 276 g/mol. The molecule has 106 valence electrons. The van der Waals surface area contributed by atoms with Gasteiger partial charge in [0.05, 0.1) is 6.26 Å². The van der Waals surface area contributed by atoms with E-state index in [1.54, 1.807) is 0 Å². The van der Waals surface area contributed by atoms with Crippen molar-refractivity contribution in [3.8, 4) is 0 Å². The summed E-state index contributed by atoms with van der Waals surface area (Å²) in [6, 6.07) is 0.236. The number of sulfonamides is 1. The number of carbonyl (C=O) groups is 1. The Bertz CT molecular complexity index is 381. The van der Waals surface area contributed by atoms with E-state index in [0.717, 1.165) is 19.1 Å². The second-order valence-corrected chi connectivity index (χ2v) is 7.19. The van der Waals surface area contributed by atoms with E-state index in [2.05, 4.69) is 23.9 Å². The van der Waals surface area contributed by atoms with Gasteiger partial charge in [0, 0.05) is 19.0 Å². The van der Waals surface area contributed by atoms with Crippen LogP contribution in [0, 0.1) is 11.8 Å². The molecule has 5 nitrogen and oxygen atoms in total. The highest BCUT2D eigenvalue weighted by atomic mass is 32.2. The molecule has 1 fully saturated rings. The SMILES string of the molecule is CC1CCCC(NC(=O)CCNS(C)(=O)=O)C1C. The number of amides is 1. The molecule has 0 spiro atoms. The van der Waals surface area contributed by atoms with Gasteiger partial charge in [-0.2, -0.15) is 0 Å². The van der Waals surface area contributed by atoms with Crippen molar-refractivity contribution in [2.75, 3.05) is 12.8 Å². The third-order valence-electron chi connectivity index (χ3n) is 3.77. The first kappa shape index (κ1) is 15.4. The molecule has 0 aromatic carbocycles. The molecule has 1 saturated carbocycles. The Morgan fingerprint density at radius 2 is 1.94 bits per heavy atom. The van der Waals surface area contributed by atoms with Gasteiger partial charge in [-0.3, -0.25) is 4.79 Å². The van der Waals surface area contributed by atoms with Gasteiger partial charge in [-0.1, -0.05) is 26.7 Å². The van der Waals surface area contributed by atoms with Crippen LogP contribution in [0.1, 0.15) is 39.5 Å². The number of hydrogen-bond donors (Lipinski definition) is 2. The van der Waals surface area contributed by atoms with Crippen LogP contribution in [0.15, 0.2) is 0 Å². The molecule has 0 radical (unpaired) electrons. The summed E-state index contributed by atoms with van der Waals surface area (Å²) in [7, 11) is -3.20. The zero-order chi connectivity index (χ0) is 13.8. The minimum Gasteiger partial charge on any atom is -0.353 e. The van der Waals surface area contributed by atoms with E-state index in [-0.39, 0.29) is 24.9 Å². The molecule has 0 aliphatic heterocycles. The van der Waals surface area contributed by atoms with E-state index in [1.807, 2.05) is 0 Å². The Morgan fingerprint density at radius 3 is 2.56 bits per heavy atom. The van der Waals surface area contributed by atoms with Crippen LogP contribution in [0.4, 0.5) is 0 Å². The Balaban J connectivity index is 2.31. The zero-order valence-electron chi connectivity index (χ0n) is 11.4. The van der Waals surface area contributed by atoms with Crippen molar-refractivity contribution in [1.82, 2.24) is 10.0 Å². The zero-order valence-corrected chi connectivity index (χ0v) is 12.2. The highest BCUT2D eigenvalue weighted by Crippen LogP contribution is 2.29. The van der Waals surface area contributed by atoms with E-state index in [1.165, 1.54) is 6.42 Å². The Morgan fingerprint density at radius 1 is 1.28 bits per heavy atom. The van der Waals surface area contributed by atoms with Gasteiger partial charge < -0.3 is 5.32 Å². The van der Waals surface area contributed by atoms with E-state index in [4.69, 9.17) is 0 Å². The van der Waals surface area contributed by atoms with Gasteiger partial charge in [0.15, 0.2) is 0 Å². The molecule has 0 bridgehead atoms. The van der Waals surface area contributed by atoms with Crippen molar-refractivity contribution < 1.29 is 13.2 Å². The van der Waals surface area contributed by atoms with Gasteiger partial charge in [-0.05, 0) is 18.3 Å². The van der Waals surface area contributed by atoms with E-state index >= 15 is 0 Å². The van der Waals surface area contributed by atoms with Crippen molar-refractivity contribution in [2.24, 2.45) is 11.8 Å². The van der Waals surface area contributed by atoms with Gasteiger partial charge in [-0.15, -0.1) is 0 Å². The topological polar surface area (TPSA) is 75.3 Å². The molecule has 1 rings (SSSR count). The van der Waals surface area contributed by atoms with Crippen molar-refractivity contribution in [3.05, 3.63) is 0 Å². The molecular weight excluding hydrogens is 252 g/mol. The maximum atomic E-state index is 11.7. The van der Waals surface area contributed by atoms with Gasteiger partial charge in [0.2, 0.25) is 15.9 Å². The summed E-state index contributed by atoms with van der Waals surface area (Å²) in [5.41, 5.74) is 0. The fourth-order valence-corrected chi connectivity index (χ4v) is 2.89. The Hall–Kier alpha value is -0.620. The summed E-state index contributed by atoms with van der Waals surface area (Å²) in [6.45, 7) is 4.55. The van der Waals surface area contributed by atoms with E-state index in [0.29, 0.717) is 11.8 Å². The molecule has 0 aromatic rings. The second-order valence-electron chi connectivity index (χ2n) is 5.36. The normalized spacial score (nSPS) is 28.9. The second kappa shape index (κ2) is 6.52. The Labute approximate surface area is 110 Å². The van der Waals surface area contributed by atoms with Crippen molar-refractivity contribution in [2.45, 2.75) is 45.6 Å². The van der Waals surface area contributed by atoms with Crippen LogP contribution in [0.25, 0.3) is 0 Å². The fourth-order valence-electron chi connectivity index (χ4n) is 2.41. The van der Waals surface area contributed by atoms with Crippen LogP contribution >= 0.6 is 0 Å². The van der Waals surface area contributed by atoms with Crippen LogP contribution in [0.3, 0.4) is 0 Å². The average Bonchev–Trinajstić information content (AvgIpc) is 2.23. The molecule has 1 aliphatic carbocycles. The van der Waals surface area contributed by atoms with Gasteiger partial charge in [0.25, 0.3) is 0 Å². The molecule has 3 unspecified atom stereocenters. The molecular formula is C12H24N2O3S. The molecule has 0 heterocycles. The molecule has 1 aliphatic rings. The smallest absolute Gasteiger partial charge is 0.221 e. The molecule has 1 amide bonds. The minimum absolute atomic E-state index is 0.0721. The quantitative estimate of drug-likeness (QED) is 0.782. The van der Waals surface area contributed by atoms with Crippen LogP contribution < -0.4 is 10.0 Å². The molecule has 18 heavy (non-hydrogen) atoms. The number of rotatable bonds is 5. The fraction of sp³-hybridized carbons (Fsp3) is 0.917. The van der Waals surface area contributed by atoms with Crippen LogP contribution in [0.5, 0.6) is 0 Å². The third-order valence-corrected chi connectivity index (χ3v) is 4.50. The summed E-state index contributed by atoms with van der Waals surface area (Å²) in [5, 5.41) is 3.01. The first-order valence-electron chi connectivity index (χ1n) is 6.53. The third kappa shape index (κ3) is 5.35. The van der Waals surface area contributed by atoms with Gasteiger partial charge in [-0.25, -0.2) is 13.1 Å². The van der Waals surface area contributed by atoms with Crippen LogP contribution in [-0.2, 0) is 14.8 Å². The predicted molar refractivity (Wildman–Crippen MR) is 71.6 cm³/mol. The predicted octanol–water partition coefficient (Wildman–Crippen LogP) is 0.867. The van der Waals surface area contributed by atoms with Gasteiger partial charge in [0.1, 0.15) is 0 Å². The summed E-state index contributed by atoms with van der Waals surface area (Å²) in [5.74, 6) is 1.06. The van der Waals surface area contributed by atoms with Crippen molar-refractivity contribution in [1.29, 1.82) is 0 Å². The molecule has 2 N–H and O–H groups in total. The number of hydrogen-bond acceptors (Lipinski definition) is 3. The van der Waals surface area contributed by atoms with Crippen LogP contribution in [-0.4, -0.2) is 33.2 Å². The molecule has 6 heteroatoms. The standard InChI is InChI=1S/C12H24N2O3S/c1-9-5-4-6-11(10(9)2)14-12(15)7-8-13-18(3,16)17/h9-11,13H,4-8H2,1-3H3,(H,14,15). The average molecular weight is 276 g/mol. The minimum atomic E-state index is -3.20. The van der Waals surface area contributed by atoms with Crippen molar-refractivity contribution in [3.63, 3.8) is 0 Å². The lowest BCUT2D eigenvalue weighted by Crippen LogP contribution is -2.44. The van der Waals surface area contributed by atoms with Gasteiger partial charge >= 0.3 is 0 Å². The molecule has 0 saturated heterocycles. The maximum absolute atomic E-state index is 11.7. The lowest BCUT2D eigenvalue weighted by molar-refractivity contribution is -0.122. The van der Waals surface area contributed by atoms with E-state index in [9.17, 15) is 13.2 Å². The lowest BCUT2D eigenvalue weighted by atomic mass is 9.78. The highest BCUT2D eigenvalue weighted by Gasteiger charge is 2.27. The lowest BCUT2D eigenvalue weighted by Gasteiger charge is -2.34. The van der Waals surface area contributed by atoms with Crippen LogP contribution in [0.2, 0.25) is 0 Å². The number of carbonyl (C=O) groups excluding carboxylic acids is 1. The number of nitrogens with one attached hydrogen (secondary N) is 2. The Kier molecular flexibility index (Phi) is 5.59. The summed E-state index contributed by atoms with van der Waals surface area (Å²) in [6.07, 6.45) is 4.69. The first-order valence-corrected chi connectivity index (χ1v) is 8.42. The molecule has 3 atom stereocenters. The van der Waals surface area contributed by atoms with E-state index < -0.39 is 10.0 Å². The largest absolute Gasteiger partial charge is 0.353 e. The summed E-state index contributed by atoms with van der Waals surface area (Å²) in [4.78, 5) is 11.7. The maximum Gasteiger partial charge on any atom is 0.221 e. The van der Waals surface area contributed by atoms with Crippen molar-refractivity contribution >= 4 is 15.9 Å². The highest BCUT2D eigenvalue weighted by molar-refractivity contribution is 7.88. The first-order chi connectivity index (χ1) is 8.29. The molecule has 0 aromatic heterocycles.